The zero-order chi connectivity index (χ0) is 13.9. The summed E-state index contributed by atoms with van der Waals surface area (Å²) in [6.45, 7) is 4.70. The standard InChI is InChI=1S/C13H20N6/c1-13(2,14)8-19(3)12-6-11(16-9-17-12)18-10-4-5-15-7-10/h4-7,9,15H,8,14H2,1-3H3,(H,16,17,18). The highest BCUT2D eigenvalue weighted by Crippen LogP contribution is 2.18. The van der Waals surface area contributed by atoms with Gasteiger partial charge in [-0.1, -0.05) is 0 Å². The minimum atomic E-state index is -0.270. The van der Waals surface area contributed by atoms with Gasteiger partial charge in [0.2, 0.25) is 0 Å². The van der Waals surface area contributed by atoms with Crippen LogP contribution < -0.4 is 16.0 Å². The predicted molar refractivity (Wildman–Crippen MR) is 77.6 cm³/mol. The number of likely N-dealkylation sites (N-methyl/N-ethyl adjacent to an activating group) is 1. The highest BCUT2D eigenvalue weighted by molar-refractivity contribution is 5.58. The highest BCUT2D eigenvalue weighted by Gasteiger charge is 2.15. The molecular formula is C13H20N6. The first-order chi connectivity index (χ1) is 8.94. The van der Waals surface area contributed by atoms with Crippen molar-refractivity contribution in [3.8, 4) is 0 Å². The Morgan fingerprint density at radius 2 is 2.21 bits per heavy atom. The zero-order valence-corrected chi connectivity index (χ0v) is 11.5. The molecule has 0 bridgehead atoms. The Morgan fingerprint density at radius 1 is 1.42 bits per heavy atom. The van der Waals surface area contributed by atoms with Crippen molar-refractivity contribution >= 4 is 17.3 Å². The zero-order valence-electron chi connectivity index (χ0n) is 11.5. The topological polar surface area (TPSA) is 82.9 Å². The fourth-order valence-electron chi connectivity index (χ4n) is 1.87. The minimum absolute atomic E-state index is 0.270. The fraction of sp³-hybridized carbons (Fsp3) is 0.385. The van der Waals surface area contributed by atoms with Gasteiger partial charge in [0, 0.05) is 37.6 Å². The summed E-state index contributed by atoms with van der Waals surface area (Å²) in [5.41, 5.74) is 6.71. The van der Waals surface area contributed by atoms with Crippen LogP contribution >= 0.6 is 0 Å². The van der Waals surface area contributed by atoms with Gasteiger partial charge in [-0.25, -0.2) is 9.97 Å². The molecule has 4 N–H and O–H groups in total. The Hall–Kier alpha value is -2.08. The molecule has 19 heavy (non-hydrogen) atoms. The van der Waals surface area contributed by atoms with E-state index in [2.05, 4.69) is 20.3 Å². The van der Waals surface area contributed by atoms with Crippen molar-refractivity contribution in [2.75, 3.05) is 23.8 Å². The number of H-pyrrole nitrogens is 1. The Morgan fingerprint density at radius 3 is 2.84 bits per heavy atom. The molecule has 0 amide bonds. The molecule has 0 saturated carbocycles. The molecule has 2 rings (SSSR count). The van der Waals surface area contributed by atoms with Crippen LogP contribution in [0, 0.1) is 0 Å². The van der Waals surface area contributed by atoms with E-state index in [1.807, 2.05) is 50.3 Å². The van der Waals surface area contributed by atoms with Crippen molar-refractivity contribution in [1.82, 2.24) is 15.0 Å². The maximum absolute atomic E-state index is 6.02. The lowest BCUT2D eigenvalue weighted by Crippen LogP contribution is -2.44. The van der Waals surface area contributed by atoms with E-state index in [0.29, 0.717) is 6.54 Å². The van der Waals surface area contributed by atoms with Gasteiger partial charge in [-0.2, -0.15) is 0 Å². The monoisotopic (exact) mass is 260 g/mol. The SMILES string of the molecule is CN(CC(C)(C)N)c1cc(Nc2cc[nH]c2)ncn1. The van der Waals surface area contributed by atoms with Gasteiger partial charge in [0.05, 0.1) is 5.69 Å². The van der Waals surface area contributed by atoms with Gasteiger partial charge in [0.15, 0.2) is 0 Å². The first-order valence-electron chi connectivity index (χ1n) is 6.16. The van der Waals surface area contributed by atoms with E-state index in [0.717, 1.165) is 17.3 Å². The van der Waals surface area contributed by atoms with Crippen LogP contribution in [-0.4, -0.2) is 34.1 Å². The van der Waals surface area contributed by atoms with Gasteiger partial charge in [0.1, 0.15) is 18.0 Å². The van der Waals surface area contributed by atoms with Gasteiger partial charge in [-0.15, -0.1) is 0 Å². The molecule has 0 aliphatic rings. The molecule has 0 atom stereocenters. The first-order valence-corrected chi connectivity index (χ1v) is 6.16. The molecule has 2 aromatic heterocycles. The van der Waals surface area contributed by atoms with Crippen molar-refractivity contribution in [2.45, 2.75) is 19.4 Å². The highest BCUT2D eigenvalue weighted by atomic mass is 15.2. The molecule has 0 saturated heterocycles. The van der Waals surface area contributed by atoms with Gasteiger partial charge in [-0.05, 0) is 19.9 Å². The smallest absolute Gasteiger partial charge is 0.135 e. The molecular weight excluding hydrogens is 240 g/mol. The molecule has 0 aliphatic heterocycles. The summed E-state index contributed by atoms with van der Waals surface area (Å²) in [6, 6.07) is 3.84. The maximum Gasteiger partial charge on any atom is 0.135 e. The van der Waals surface area contributed by atoms with Crippen molar-refractivity contribution in [3.05, 3.63) is 30.9 Å². The van der Waals surface area contributed by atoms with E-state index in [9.17, 15) is 0 Å². The molecule has 2 heterocycles. The molecule has 0 radical (unpaired) electrons. The number of nitrogens with one attached hydrogen (secondary N) is 2. The van der Waals surface area contributed by atoms with Crippen LogP contribution in [0.25, 0.3) is 0 Å². The summed E-state index contributed by atoms with van der Waals surface area (Å²) in [5, 5.41) is 3.20. The molecule has 2 aromatic rings. The van der Waals surface area contributed by atoms with Gasteiger partial charge >= 0.3 is 0 Å². The summed E-state index contributed by atoms with van der Waals surface area (Å²) in [5.74, 6) is 1.60. The number of aromatic amines is 1. The van der Waals surface area contributed by atoms with Crippen molar-refractivity contribution in [3.63, 3.8) is 0 Å². The lowest BCUT2D eigenvalue weighted by atomic mass is 10.1. The molecule has 102 valence electrons. The molecule has 0 aliphatic carbocycles. The Labute approximate surface area is 113 Å². The van der Waals surface area contributed by atoms with E-state index in [4.69, 9.17) is 5.73 Å². The second-order valence-corrected chi connectivity index (χ2v) is 5.33. The second kappa shape index (κ2) is 5.27. The summed E-state index contributed by atoms with van der Waals surface area (Å²) in [4.78, 5) is 13.5. The predicted octanol–water partition coefficient (Wildman–Crippen LogP) is 1.72. The third-order valence-electron chi connectivity index (χ3n) is 2.56. The van der Waals surface area contributed by atoms with E-state index in [1.165, 1.54) is 0 Å². The number of hydrogen-bond donors (Lipinski definition) is 3. The van der Waals surface area contributed by atoms with Crippen LogP contribution in [0.2, 0.25) is 0 Å². The van der Waals surface area contributed by atoms with Crippen LogP contribution in [0.1, 0.15) is 13.8 Å². The lowest BCUT2D eigenvalue weighted by molar-refractivity contribution is 0.517. The number of anilines is 3. The molecule has 0 aromatic carbocycles. The van der Waals surface area contributed by atoms with E-state index in [1.54, 1.807) is 6.33 Å². The van der Waals surface area contributed by atoms with E-state index in [-0.39, 0.29) is 5.54 Å². The second-order valence-electron chi connectivity index (χ2n) is 5.33. The quantitative estimate of drug-likeness (QED) is 0.762. The van der Waals surface area contributed by atoms with Gasteiger partial charge < -0.3 is 20.9 Å². The third-order valence-corrected chi connectivity index (χ3v) is 2.56. The summed E-state index contributed by atoms with van der Waals surface area (Å²) >= 11 is 0. The number of nitrogens with two attached hydrogens (primary N) is 1. The van der Waals surface area contributed by atoms with Crippen molar-refractivity contribution in [2.24, 2.45) is 5.73 Å². The lowest BCUT2D eigenvalue weighted by Gasteiger charge is -2.27. The molecule has 0 fully saturated rings. The molecule has 0 spiro atoms. The Kier molecular flexibility index (Phi) is 3.71. The average molecular weight is 260 g/mol. The van der Waals surface area contributed by atoms with Crippen molar-refractivity contribution in [1.29, 1.82) is 0 Å². The minimum Gasteiger partial charge on any atom is -0.366 e. The number of rotatable bonds is 5. The molecule has 6 nitrogen and oxygen atoms in total. The van der Waals surface area contributed by atoms with Crippen LogP contribution in [-0.2, 0) is 0 Å². The molecule has 6 heteroatoms. The summed E-state index contributed by atoms with van der Waals surface area (Å²) < 4.78 is 0. The normalized spacial score (nSPS) is 11.4. The fourth-order valence-corrected chi connectivity index (χ4v) is 1.87. The van der Waals surface area contributed by atoms with E-state index < -0.39 is 0 Å². The van der Waals surface area contributed by atoms with E-state index >= 15 is 0 Å². The van der Waals surface area contributed by atoms with Crippen LogP contribution in [0.5, 0.6) is 0 Å². The summed E-state index contributed by atoms with van der Waals surface area (Å²) in [6.07, 6.45) is 5.27. The van der Waals surface area contributed by atoms with Crippen LogP contribution in [0.3, 0.4) is 0 Å². The number of aromatic nitrogens is 3. The van der Waals surface area contributed by atoms with Crippen LogP contribution in [0.4, 0.5) is 17.3 Å². The average Bonchev–Trinajstić information content (AvgIpc) is 2.80. The number of nitrogens with zero attached hydrogens (tertiary/aromatic N) is 3. The number of hydrogen-bond acceptors (Lipinski definition) is 5. The third kappa shape index (κ3) is 3.96. The first kappa shape index (κ1) is 13.4. The largest absolute Gasteiger partial charge is 0.366 e. The molecule has 0 unspecified atom stereocenters. The summed E-state index contributed by atoms with van der Waals surface area (Å²) in [7, 11) is 1.97. The van der Waals surface area contributed by atoms with Crippen LogP contribution in [0.15, 0.2) is 30.9 Å². The Balaban J connectivity index is 2.10. The Bertz CT molecular complexity index is 514. The van der Waals surface area contributed by atoms with Gasteiger partial charge in [0.25, 0.3) is 0 Å². The van der Waals surface area contributed by atoms with Crippen molar-refractivity contribution < 1.29 is 0 Å². The maximum atomic E-state index is 6.02. The van der Waals surface area contributed by atoms with Gasteiger partial charge in [-0.3, -0.25) is 0 Å².